The number of aliphatic hydroxyl groups is 2. The number of carbonyl (C=O) groups excluding carboxylic acids is 15. The number of hydrogen-bond acceptors (Lipinski definition) is 21. The summed E-state index contributed by atoms with van der Waals surface area (Å²) < 4.78 is 0. The third kappa shape index (κ3) is 35.4. The first-order valence-electron chi connectivity index (χ1n) is 34.6. The topological polar surface area (TPSA) is 548 Å². The number of rotatable bonds is 51. The number of hydrogen-bond donors (Lipinski definition) is 18. The van der Waals surface area contributed by atoms with E-state index in [4.69, 9.17) is 22.9 Å². The molecule has 0 unspecified atom stereocenters. The molecule has 0 spiro atoms. The van der Waals surface area contributed by atoms with Crippen molar-refractivity contribution in [3.05, 3.63) is 0 Å². The summed E-state index contributed by atoms with van der Waals surface area (Å²) in [5.74, 6) is -12.8. The highest BCUT2D eigenvalue weighted by atomic mass is 32.2. The van der Waals surface area contributed by atoms with E-state index >= 15 is 0 Å². The normalized spacial score (nSPS) is 16.1. The smallest absolute Gasteiger partial charge is 0.245 e. The van der Waals surface area contributed by atoms with Gasteiger partial charge in [0.15, 0.2) is 0 Å². The van der Waals surface area contributed by atoms with E-state index in [2.05, 4.69) is 63.8 Å². The molecule has 0 saturated carbocycles. The molecular weight excluding hydrogens is 1350 g/mol. The number of likely N-dealkylation sites (tertiary alicyclic amines) is 1. The first kappa shape index (κ1) is 91.6. The highest BCUT2D eigenvalue weighted by Crippen LogP contribution is 2.19. The van der Waals surface area contributed by atoms with Crippen LogP contribution < -0.4 is 86.7 Å². The average Bonchev–Trinajstić information content (AvgIpc) is 1.83. The SMILES string of the molecule is CSCC[C@H](NC(=O)[C@H](CCCCN)NC(=O)[C@H](CCSC)NC(=O)[C@H](CO)NC(=O)[C@H](CC(C)C)NC(=O)CNC(=O)[C@@H](NC(=O)[C@H](CO)NC(=O)[C@H](CCC(N)=O)NC(=O)[C@H](CC(C)C)NC(=O)[C@H](CC(C)C)NC(=O)[C@H](CCCCN)NC(=O)[C@@H]1CCCN1C(C)=O)C(C)C)C(N)=O. The Balaban J connectivity index is 3.31. The van der Waals surface area contributed by atoms with Gasteiger partial charge < -0.3 is 102 Å². The molecule has 12 atom stereocenters. The number of carbonyl (C=O) groups is 15. The van der Waals surface area contributed by atoms with Crippen molar-refractivity contribution in [3.63, 3.8) is 0 Å². The Morgan fingerprint density at radius 2 is 0.802 bits per heavy atom. The first-order chi connectivity index (χ1) is 47.6. The highest BCUT2D eigenvalue weighted by molar-refractivity contribution is 7.98. The monoisotopic (exact) mass is 1470 g/mol. The van der Waals surface area contributed by atoms with Gasteiger partial charge in [-0.25, -0.2) is 0 Å². The van der Waals surface area contributed by atoms with E-state index < -0.39 is 194 Å². The summed E-state index contributed by atoms with van der Waals surface area (Å²) in [5, 5.41) is 51.4. The van der Waals surface area contributed by atoms with Gasteiger partial charge in [0.05, 0.1) is 19.8 Å². The maximum absolute atomic E-state index is 14.3. The minimum Gasteiger partial charge on any atom is -0.394 e. The van der Waals surface area contributed by atoms with Crippen LogP contribution in [0.5, 0.6) is 0 Å². The van der Waals surface area contributed by atoms with Crippen molar-refractivity contribution in [3.8, 4) is 0 Å². The quantitative estimate of drug-likeness (QED) is 0.0256. The molecule has 0 aromatic heterocycles. The Morgan fingerprint density at radius 1 is 0.446 bits per heavy atom. The van der Waals surface area contributed by atoms with Crippen molar-refractivity contribution < 1.29 is 82.1 Å². The maximum Gasteiger partial charge on any atom is 0.245 e. The van der Waals surface area contributed by atoms with Crippen molar-refractivity contribution in [2.45, 2.75) is 231 Å². The lowest BCUT2D eigenvalue weighted by Gasteiger charge is -2.29. The van der Waals surface area contributed by atoms with Crippen LogP contribution in [0.4, 0.5) is 0 Å². The molecule has 101 heavy (non-hydrogen) atoms. The Hall–Kier alpha value is -7.41. The van der Waals surface area contributed by atoms with E-state index in [-0.39, 0.29) is 68.6 Å². The molecular formula is C65H117N17O17S2. The molecule has 1 rings (SSSR count). The Bertz CT molecular complexity index is 2730. The van der Waals surface area contributed by atoms with E-state index in [1.165, 1.54) is 49.2 Å². The van der Waals surface area contributed by atoms with Gasteiger partial charge in [-0.1, -0.05) is 55.4 Å². The van der Waals surface area contributed by atoms with Crippen LogP contribution in [-0.2, 0) is 71.9 Å². The zero-order valence-electron chi connectivity index (χ0n) is 60.6. The van der Waals surface area contributed by atoms with Crippen molar-refractivity contribution in [2.24, 2.45) is 46.6 Å². The first-order valence-corrected chi connectivity index (χ1v) is 37.4. The van der Waals surface area contributed by atoms with Gasteiger partial charge in [0.1, 0.15) is 72.5 Å². The molecule has 0 aromatic rings. The van der Waals surface area contributed by atoms with Crippen LogP contribution in [0.25, 0.3) is 0 Å². The third-order valence-corrected chi connectivity index (χ3v) is 17.6. The number of nitrogens with one attached hydrogen (secondary N) is 12. The number of nitrogens with two attached hydrogens (primary N) is 4. The fraction of sp³-hybridized carbons (Fsp3) is 0.769. The summed E-state index contributed by atoms with van der Waals surface area (Å²) in [6, 6.07) is -15.9. The van der Waals surface area contributed by atoms with Crippen LogP contribution in [0.2, 0.25) is 0 Å². The zero-order chi connectivity index (χ0) is 76.6. The maximum atomic E-state index is 14.3. The predicted octanol–water partition coefficient (Wildman–Crippen LogP) is -4.26. The number of thioether (sulfide) groups is 2. The van der Waals surface area contributed by atoms with Gasteiger partial charge in [-0.05, 0) is 151 Å². The molecule has 576 valence electrons. The van der Waals surface area contributed by atoms with Gasteiger partial charge in [-0.2, -0.15) is 23.5 Å². The summed E-state index contributed by atoms with van der Waals surface area (Å²) in [6.45, 7) is 13.2. The van der Waals surface area contributed by atoms with Gasteiger partial charge in [-0.3, -0.25) is 71.9 Å². The van der Waals surface area contributed by atoms with E-state index in [1.807, 2.05) is 6.26 Å². The molecule has 1 aliphatic rings. The Kier molecular flexibility index (Phi) is 44.7. The molecule has 1 fully saturated rings. The molecule has 1 heterocycles. The standard InChI is InChI=1S/C65H117N17O17S2/c1-35(2)29-45(59(93)80-48(33-83)62(96)75-44(23-28-101-11)58(92)73-41(17-12-14-24-66)55(89)72-40(54(69)88)22-27-100-10)71-52(87)32-70-65(99)53(38(7)8)81-63(97)49(34-84)79-57(91)43(20-21-51(68)86)74-60(94)46(30-36(3)4)78-61(95)47(31-37(5)6)77-56(90)42(18-13-15-25-67)76-64(98)50-19-16-26-82(50)39(9)85/h35-38,40-50,53,83-84H,12-34,66-67H2,1-11H3,(H2,68,86)(H2,69,88)(H,70,99)(H,71,87)(H,72,89)(H,73,92)(H,74,94)(H,75,96)(H,76,98)(H,77,90)(H,78,95)(H,79,91)(H,80,93)(H,81,97)/t40-,41-,42-,43-,44-,45-,46-,47-,48-,49-,50-,53-/m0/s1. The Labute approximate surface area is 601 Å². The number of aliphatic hydroxyl groups excluding tert-OH is 2. The molecule has 1 aliphatic heterocycles. The number of unbranched alkanes of at least 4 members (excludes halogenated alkanes) is 2. The van der Waals surface area contributed by atoms with Crippen LogP contribution in [0.3, 0.4) is 0 Å². The minimum absolute atomic E-state index is 0.00686. The summed E-state index contributed by atoms with van der Waals surface area (Å²) in [7, 11) is 0. The van der Waals surface area contributed by atoms with E-state index in [0.29, 0.717) is 69.7 Å². The number of nitrogens with zero attached hydrogens (tertiary/aromatic N) is 1. The molecule has 1 saturated heterocycles. The fourth-order valence-corrected chi connectivity index (χ4v) is 11.7. The highest BCUT2D eigenvalue weighted by Gasteiger charge is 2.39. The van der Waals surface area contributed by atoms with Crippen LogP contribution in [0.15, 0.2) is 0 Å². The van der Waals surface area contributed by atoms with Crippen LogP contribution in [0.1, 0.15) is 159 Å². The lowest BCUT2D eigenvalue weighted by atomic mass is 9.99. The summed E-state index contributed by atoms with van der Waals surface area (Å²) >= 11 is 2.79. The van der Waals surface area contributed by atoms with Gasteiger partial charge in [-0.15, -0.1) is 0 Å². The lowest BCUT2D eigenvalue weighted by molar-refractivity contribution is -0.138. The minimum atomic E-state index is -1.80. The third-order valence-electron chi connectivity index (χ3n) is 16.3. The molecule has 34 nitrogen and oxygen atoms in total. The van der Waals surface area contributed by atoms with E-state index in [9.17, 15) is 82.1 Å². The van der Waals surface area contributed by atoms with Gasteiger partial charge in [0, 0.05) is 19.9 Å². The summed E-state index contributed by atoms with van der Waals surface area (Å²) in [6.07, 6.45) is 6.20. The molecule has 0 aromatic carbocycles. The second-order valence-electron chi connectivity index (χ2n) is 26.8. The van der Waals surface area contributed by atoms with Crippen LogP contribution in [0, 0.1) is 23.7 Å². The second-order valence-corrected chi connectivity index (χ2v) is 28.8. The van der Waals surface area contributed by atoms with Gasteiger partial charge in [0.2, 0.25) is 88.6 Å². The van der Waals surface area contributed by atoms with Crippen molar-refractivity contribution >= 4 is 112 Å². The van der Waals surface area contributed by atoms with Crippen molar-refractivity contribution in [1.29, 1.82) is 0 Å². The van der Waals surface area contributed by atoms with Crippen LogP contribution >= 0.6 is 23.5 Å². The fourth-order valence-electron chi connectivity index (χ4n) is 10.8. The molecule has 22 N–H and O–H groups in total. The predicted molar refractivity (Wildman–Crippen MR) is 381 cm³/mol. The van der Waals surface area contributed by atoms with Crippen molar-refractivity contribution in [2.75, 3.05) is 63.4 Å². The molecule has 0 aliphatic carbocycles. The Morgan fingerprint density at radius 3 is 1.19 bits per heavy atom. The zero-order valence-corrected chi connectivity index (χ0v) is 62.2. The molecule has 0 bridgehead atoms. The van der Waals surface area contributed by atoms with Crippen molar-refractivity contribution in [1.82, 2.24) is 68.7 Å². The number of primary amides is 2. The summed E-state index contributed by atoms with van der Waals surface area (Å²) in [4.78, 5) is 204. The van der Waals surface area contributed by atoms with Crippen LogP contribution in [-0.4, -0.2) is 240 Å². The molecule has 36 heteroatoms. The molecule has 0 radical (unpaired) electrons. The summed E-state index contributed by atoms with van der Waals surface area (Å²) in [5.41, 5.74) is 22.4. The lowest BCUT2D eigenvalue weighted by Crippen LogP contribution is -2.61. The van der Waals surface area contributed by atoms with E-state index in [0.717, 1.165) is 0 Å². The van der Waals surface area contributed by atoms with Gasteiger partial charge in [0.25, 0.3) is 0 Å². The van der Waals surface area contributed by atoms with E-state index in [1.54, 1.807) is 47.8 Å². The average molecular weight is 1470 g/mol. The molecule has 15 amide bonds. The number of amides is 15. The van der Waals surface area contributed by atoms with Gasteiger partial charge >= 0.3 is 0 Å². The second kappa shape index (κ2) is 49.2. The largest absolute Gasteiger partial charge is 0.394 e.